The molecule has 1 N–H and O–H groups in total. The average molecular weight is 336 g/mol. The fourth-order valence-corrected chi connectivity index (χ4v) is 2.38. The Morgan fingerprint density at radius 3 is 2.67 bits per heavy atom. The molecule has 0 saturated heterocycles. The lowest BCUT2D eigenvalue weighted by Gasteiger charge is -2.16. The zero-order valence-corrected chi connectivity index (χ0v) is 14.1. The Morgan fingerprint density at radius 1 is 1.29 bits per heavy atom. The van der Waals surface area contributed by atoms with Crippen LogP contribution in [0.25, 0.3) is 0 Å². The third-order valence-electron chi connectivity index (χ3n) is 3.65. The number of ether oxygens (including phenoxy) is 1. The van der Waals surface area contributed by atoms with E-state index in [1.165, 1.54) is 25.3 Å². The van der Waals surface area contributed by atoms with Crippen LogP contribution in [0.4, 0.5) is 5.69 Å². The lowest BCUT2D eigenvalue weighted by Crippen LogP contribution is -2.42. The highest BCUT2D eigenvalue weighted by molar-refractivity contribution is 5.85. The number of amides is 1. The molecule has 0 aliphatic carbocycles. The quantitative estimate of drug-likeness (QED) is 0.306. The number of carbonyl (C=O) groups is 2. The van der Waals surface area contributed by atoms with Crippen molar-refractivity contribution < 1.29 is 19.2 Å². The normalized spacial score (nSPS) is 11.6. The summed E-state index contributed by atoms with van der Waals surface area (Å²) in [4.78, 5) is 34.2. The van der Waals surface area contributed by atoms with E-state index in [1.807, 2.05) is 0 Å². The van der Waals surface area contributed by atoms with Gasteiger partial charge < -0.3 is 10.1 Å². The Balaban J connectivity index is 2.62. The summed E-state index contributed by atoms with van der Waals surface area (Å²) in [6.45, 7) is 2.10. The van der Waals surface area contributed by atoms with E-state index in [0.717, 1.165) is 25.7 Å². The van der Waals surface area contributed by atoms with Gasteiger partial charge in [0.2, 0.25) is 5.91 Å². The number of nitro benzene ring substituents is 1. The number of nitrogens with zero attached hydrogens (tertiary/aromatic N) is 1. The molecule has 0 saturated carbocycles. The van der Waals surface area contributed by atoms with Crippen LogP contribution < -0.4 is 5.32 Å². The van der Waals surface area contributed by atoms with E-state index in [4.69, 9.17) is 4.74 Å². The molecule has 0 spiro atoms. The van der Waals surface area contributed by atoms with Crippen LogP contribution in [-0.2, 0) is 20.7 Å². The van der Waals surface area contributed by atoms with Gasteiger partial charge in [-0.3, -0.25) is 14.9 Å². The summed E-state index contributed by atoms with van der Waals surface area (Å²) in [5, 5.41) is 13.4. The van der Waals surface area contributed by atoms with Crippen LogP contribution in [0.5, 0.6) is 0 Å². The number of nitro groups is 1. The van der Waals surface area contributed by atoms with E-state index in [-0.39, 0.29) is 18.0 Å². The number of hydrogen-bond donors (Lipinski definition) is 1. The fraction of sp³-hybridized carbons (Fsp3) is 0.529. The third-order valence-corrected chi connectivity index (χ3v) is 3.65. The summed E-state index contributed by atoms with van der Waals surface area (Å²) in [5.74, 6) is -0.833. The highest BCUT2D eigenvalue weighted by Crippen LogP contribution is 2.14. The molecule has 1 amide bonds. The predicted molar refractivity (Wildman–Crippen MR) is 89.5 cm³/mol. The first-order valence-electron chi connectivity index (χ1n) is 8.08. The van der Waals surface area contributed by atoms with Gasteiger partial charge in [-0.1, -0.05) is 44.7 Å². The van der Waals surface area contributed by atoms with Crippen molar-refractivity contribution in [2.75, 3.05) is 7.11 Å². The summed E-state index contributed by atoms with van der Waals surface area (Å²) in [5.41, 5.74) is 0.459. The van der Waals surface area contributed by atoms with Crippen molar-refractivity contribution in [3.8, 4) is 0 Å². The van der Waals surface area contributed by atoms with Crippen molar-refractivity contribution in [1.82, 2.24) is 5.32 Å². The number of carbonyl (C=O) groups excluding carboxylic acids is 2. The number of unbranched alkanes of at least 4 members (excludes halogenated alkanes) is 3. The third kappa shape index (κ3) is 6.76. The van der Waals surface area contributed by atoms with Gasteiger partial charge in [0.15, 0.2) is 0 Å². The van der Waals surface area contributed by atoms with E-state index in [9.17, 15) is 19.7 Å². The summed E-state index contributed by atoms with van der Waals surface area (Å²) in [7, 11) is 1.29. The smallest absolute Gasteiger partial charge is 0.328 e. The zero-order chi connectivity index (χ0) is 17.9. The van der Waals surface area contributed by atoms with Gasteiger partial charge in [0.25, 0.3) is 5.69 Å². The summed E-state index contributed by atoms with van der Waals surface area (Å²) in [6.07, 6.45) is 4.48. The number of benzene rings is 1. The molecule has 7 heteroatoms. The molecule has 1 aromatic rings. The standard InChI is InChI=1S/C17H24N2O5/c1-3-4-5-6-10-15(17(21)24-2)18-16(20)12-13-8-7-9-14(11-13)19(22)23/h7-9,11,15H,3-6,10,12H2,1-2H3,(H,18,20)/t15-/m1/s1. The summed E-state index contributed by atoms with van der Waals surface area (Å²) < 4.78 is 4.73. The number of non-ortho nitro benzene ring substituents is 1. The lowest BCUT2D eigenvalue weighted by molar-refractivity contribution is -0.384. The van der Waals surface area contributed by atoms with Crippen molar-refractivity contribution in [2.24, 2.45) is 0 Å². The molecular formula is C17H24N2O5. The molecule has 0 aliphatic heterocycles. The minimum Gasteiger partial charge on any atom is -0.467 e. The summed E-state index contributed by atoms with van der Waals surface area (Å²) >= 11 is 0. The molecule has 0 radical (unpaired) electrons. The largest absolute Gasteiger partial charge is 0.467 e. The van der Waals surface area contributed by atoms with Crippen molar-refractivity contribution in [1.29, 1.82) is 0 Å². The molecule has 0 fully saturated rings. The second kappa shape index (κ2) is 10.4. The Morgan fingerprint density at radius 2 is 2.04 bits per heavy atom. The fourth-order valence-electron chi connectivity index (χ4n) is 2.38. The van der Waals surface area contributed by atoms with E-state index in [2.05, 4.69) is 12.2 Å². The second-order valence-electron chi connectivity index (χ2n) is 5.60. The molecule has 1 atom stereocenters. The average Bonchev–Trinajstić information content (AvgIpc) is 2.57. The molecule has 0 unspecified atom stereocenters. The van der Waals surface area contributed by atoms with Gasteiger partial charge in [-0.05, 0) is 12.0 Å². The minimum atomic E-state index is -0.682. The molecule has 24 heavy (non-hydrogen) atoms. The molecule has 0 aliphatic rings. The summed E-state index contributed by atoms with van der Waals surface area (Å²) in [6, 6.07) is 5.21. The van der Waals surface area contributed by atoms with Crippen LogP contribution in [0.2, 0.25) is 0 Å². The second-order valence-corrected chi connectivity index (χ2v) is 5.60. The molecule has 1 rings (SSSR count). The zero-order valence-electron chi connectivity index (χ0n) is 14.1. The Labute approximate surface area is 141 Å². The molecule has 132 valence electrons. The van der Waals surface area contributed by atoms with Gasteiger partial charge in [0, 0.05) is 12.1 Å². The first-order chi connectivity index (χ1) is 11.5. The predicted octanol–water partition coefficient (Wildman–Crippen LogP) is 2.77. The topological polar surface area (TPSA) is 98.5 Å². The van der Waals surface area contributed by atoms with Crippen molar-refractivity contribution in [3.05, 3.63) is 39.9 Å². The number of hydrogen-bond acceptors (Lipinski definition) is 5. The Hall–Kier alpha value is -2.44. The lowest BCUT2D eigenvalue weighted by atomic mass is 10.1. The molecule has 0 heterocycles. The molecule has 7 nitrogen and oxygen atoms in total. The van der Waals surface area contributed by atoms with Crippen LogP contribution in [0.15, 0.2) is 24.3 Å². The van der Waals surface area contributed by atoms with Crippen LogP contribution in [0, 0.1) is 10.1 Å². The van der Waals surface area contributed by atoms with Crippen LogP contribution in [-0.4, -0.2) is 30.0 Å². The maximum Gasteiger partial charge on any atom is 0.328 e. The SMILES string of the molecule is CCCCCC[C@@H](NC(=O)Cc1cccc([N+](=O)[O-])c1)C(=O)OC. The number of rotatable bonds is 10. The van der Waals surface area contributed by atoms with E-state index < -0.39 is 16.9 Å². The molecule has 0 aromatic heterocycles. The first-order valence-corrected chi connectivity index (χ1v) is 8.08. The number of methoxy groups -OCH3 is 1. The highest BCUT2D eigenvalue weighted by Gasteiger charge is 2.21. The van der Waals surface area contributed by atoms with Gasteiger partial charge in [-0.2, -0.15) is 0 Å². The highest BCUT2D eigenvalue weighted by atomic mass is 16.6. The molecular weight excluding hydrogens is 312 g/mol. The van der Waals surface area contributed by atoms with Gasteiger partial charge in [-0.15, -0.1) is 0 Å². The first kappa shape index (κ1) is 19.6. The van der Waals surface area contributed by atoms with Crippen molar-refractivity contribution >= 4 is 17.6 Å². The molecule has 1 aromatic carbocycles. The Kier molecular flexibility index (Phi) is 8.46. The molecule has 0 bridgehead atoms. The van der Waals surface area contributed by atoms with Gasteiger partial charge in [0.1, 0.15) is 6.04 Å². The maximum atomic E-state index is 12.1. The van der Waals surface area contributed by atoms with Crippen LogP contribution in [0.3, 0.4) is 0 Å². The van der Waals surface area contributed by atoms with E-state index >= 15 is 0 Å². The van der Waals surface area contributed by atoms with Crippen LogP contribution >= 0.6 is 0 Å². The Bertz CT molecular complexity index is 574. The number of nitrogens with one attached hydrogen (secondary N) is 1. The van der Waals surface area contributed by atoms with Crippen molar-refractivity contribution in [2.45, 2.75) is 51.5 Å². The van der Waals surface area contributed by atoms with Gasteiger partial charge >= 0.3 is 5.97 Å². The van der Waals surface area contributed by atoms with E-state index in [0.29, 0.717) is 12.0 Å². The van der Waals surface area contributed by atoms with Gasteiger partial charge in [0.05, 0.1) is 18.5 Å². The van der Waals surface area contributed by atoms with Gasteiger partial charge in [-0.25, -0.2) is 4.79 Å². The minimum absolute atomic E-state index is 0.0237. The number of esters is 1. The van der Waals surface area contributed by atoms with Crippen molar-refractivity contribution in [3.63, 3.8) is 0 Å². The monoisotopic (exact) mass is 336 g/mol. The van der Waals surface area contributed by atoms with E-state index in [1.54, 1.807) is 6.07 Å². The van der Waals surface area contributed by atoms with Crippen LogP contribution in [0.1, 0.15) is 44.6 Å². The maximum absolute atomic E-state index is 12.1.